The number of rotatable bonds is 7. The Labute approximate surface area is 171 Å². The number of nitrogens with zero attached hydrogens (tertiary/aromatic N) is 3. The molecule has 152 valence electrons. The van der Waals surface area contributed by atoms with E-state index in [2.05, 4.69) is 15.4 Å². The van der Waals surface area contributed by atoms with Gasteiger partial charge in [0.2, 0.25) is 5.91 Å². The molecular formula is C23H28N4O2. The summed E-state index contributed by atoms with van der Waals surface area (Å²) < 4.78 is 7.51. The lowest BCUT2D eigenvalue weighted by Gasteiger charge is -2.10. The van der Waals surface area contributed by atoms with E-state index in [1.54, 1.807) is 4.68 Å². The third kappa shape index (κ3) is 5.22. The van der Waals surface area contributed by atoms with E-state index < -0.39 is 0 Å². The van der Waals surface area contributed by atoms with Gasteiger partial charge in [-0.15, -0.1) is 5.10 Å². The first-order valence-electron chi connectivity index (χ1n) is 9.93. The van der Waals surface area contributed by atoms with Crippen molar-refractivity contribution >= 4 is 11.6 Å². The van der Waals surface area contributed by atoms with Crippen LogP contribution in [0.4, 0.5) is 5.69 Å². The first kappa shape index (κ1) is 20.6. The average molecular weight is 393 g/mol. The Morgan fingerprint density at radius 1 is 1.07 bits per heavy atom. The van der Waals surface area contributed by atoms with E-state index in [4.69, 9.17) is 4.74 Å². The fourth-order valence-electron chi connectivity index (χ4n) is 3.00. The SMILES string of the molecule is Cc1ccccc1-c1nc(OC(C)C)nn1-c1ccc(NC(=O)CC(C)C)cc1. The van der Waals surface area contributed by atoms with Gasteiger partial charge in [-0.3, -0.25) is 4.79 Å². The molecular weight excluding hydrogens is 364 g/mol. The minimum atomic E-state index is -0.0193. The van der Waals surface area contributed by atoms with E-state index in [0.717, 1.165) is 28.3 Å². The highest BCUT2D eigenvalue weighted by Gasteiger charge is 2.17. The van der Waals surface area contributed by atoms with Crippen LogP contribution in [-0.4, -0.2) is 26.8 Å². The molecule has 1 amide bonds. The van der Waals surface area contributed by atoms with Gasteiger partial charge < -0.3 is 10.1 Å². The summed E-state index contributed by atoms with van der Waals surface area (Å²) in [6.45, 7) is 9.99. The Morgan fingerprint density at radius 3 is 2.38 bits per heavy atom. The summed E-state index contributed by atoms with van der Waals surface area (Å²) in [6, 6.07) is 16.0. The highest BCUT2D eigenvalue weighted by atomic mass is 16.5. The number of hydrogen-bond donors (Lipinski definition) is 1. The molecule has 0 spiro atoms. The third-order valence-electron chi connectivity index (χ3n) is 4.30. The lowest BCUT2D eigenvalue weighted by Crippen LogP contribution is -2.13. The van der Waals surface area contributed by atoms with Crippen molar-refractivity contribution in [1.82, 2.24) is 14.8 Å². The lowest BCUT2D eigenvalue weighted by molar-refractivity contribution is -0.116. The lowest BCUT2D eigenvalue weighted by atomic mass is 10.1. The Balaban J connectivity index is 1.94. The second-order valence-corrected chi connectivity index (χ2v) is 7.80. The summed E-state index contributed by atoms with van der Waals surface area (Å²) in [7, 11) is 0. The van der Waals surface area contributed by atoms with E-state index in [1.807, 2.05) is 83.1 Å². The number of aromatic nitrogens is 3. The molecule has 29 heavy (non-hydrogen) atoms. The van der Waals surface area contributed by atoms with Crippen LogP contribution in [0.15, 0.2) is 48.5 Å². The largest absolute Gasteiger partial charge is 0.460 e. The van der Waals surface area contributed by atoms with Crippen molar-refractivity contribution in [2.24, 2.45) is 5.92 Å². The van der Waals surface area contributed by atoms with Crippen LogP contribution in [-0.2, 0) is 4.79 Å². The van der Waals surface area contributed by atoms with Gasteiger partial charge >= 0.3 is 6.01 Å². The zero-order valence-corrected chi connectivity index (χ0v) is 17.6. The number of benzene rings is 2. The van der Waals surface area contributed by atoms with Gasteiger partial charge in [0.15, 0.2) is 5.82 Å². The van der Waals surface area contributed by atoms with Crippen LogP contribution >= 0.6 is 0 Å². The van der Waals surface area contributed by atoms with E-state index in [-0.39, 0.29) is 12.0 Å². The van der Waals surface area contributed by atoms with Crippen molar-refractivity contribution in [2.75, 3.05) is 5.32 Å². The van der Waals surface area contributed by atoms with Crippen LogP contribution < -0.4 is 10.1 Å². The number of hydrogen-bond acceptors (Lipinski definition) is 4. The molecule has 0 saturated heterocycles. The smallest absolute Gasteiger partial charge is 0.336 e. The maximum absolute atomic E-state index is 12.0. The number of anilines is 1. The van der Waals surface area contributed by atoms with Crippen molar-refractivity contribution < 1.29 is 9.53 Å². The molecule has 0 unspecified atom stereocenters. The molecule has 1 aromatic heterocycles. The van der Waals surface area contributed by atoms with Crippen LogP contribution in [0.1, 0.15) is 39.7 Å². The molecule has 1 heterocycles. The first-order valence-corrected chi connectivity index (χ1v) is 9.93. The molecule has 0 fully saturated rings. The standard InChI is InChI=1S/C23H28N4O2/c1-15(2)14-21(28)24-18-10-12-19(13-11-18)27-22(20-9-7-6-8-17(20)5)25-23(26-27)29-16(3)4/h6-13,15-16H,14H2,1-5H3,(H,24,28). The van der Waals surface area contributed by atoms with E-state index >= 15 is 0 Å². The predicted molar refractivity (Wildman–Crippen MR) is 115 cm³/mol. The summed E-state index contributed by atoms with van der Waals surface area (Å²) in [6.07, 6.45) is 0.479. The average Bonchev–Trinajstić information content (AvgIpc) is 3.04. The molecule has 1 N–H and O–H groups in total. The molecule has 2 aromatic carbocycles. The highest BCUT2D eigenvalue weighted by molar-refractivity contribution is 5.90. The molecule has 0 atom stereocenters. The molecule has 0 aliphatic rings. The van der Waals surface area contributed by atoms with Gasteiger partial charge in [0, 0.05) is 17.7 Å². The van der Waals surface area contributed by atoms with Gasteiger partial charge in [-0.2, -0.15) is 4.98 Å². The Morgan fingerprint density at radius 2 is 1.76 bits per heavy atom. The number of nitrogens with one attached hydrogen (secondary N) is 1. The fraction of sp³-hybridized carbons (Fsp3) is 0.348. The van der Waals surface area contributed by atoms with Crippen molar-refractivity contribution in [3.63, 3.8) is 0 Å². The summed E-state index contributed by atoms with van der Waals surface area (Å²) >= 11 is 0. The fourth-order valence-corrected chi connectivity index (χ4v) is 3.00. The minimum absolute atomic E-state index is 0.0155. The molecule has 0 aliphatic carbocycles. The van der Waals surface area contributed by atoms with Crippen molar-refractivity contribution in [2.45, 2.75) is 47.1 Å². The predicted octanol–water partition coefficient (Wildman–Crippen LogP) is 5.01. The van der Waals surface area contributed by atoms with Crippen LogP contribution in [0, 0.1) is 12.8 Å². The van der Waals surface area contributed by atoms with Gasteiger partial charge in [0.1, 0.15) is 0 Å². The molecule has 6 heteroatoms. The summed E-state index contributed by atoms with van der Waals surface area (Å²) in [5.74, 6) is 1.05. The molecule has 3 aromatic rings. The van der Waals surface area contributed by atoms with Gasteiger partial charge in [-0.1, -0.05) is 38.1 Å². The van der Waals surface area contributed by atoms with E-state index in [0.29, 0.717) is 18.3 Å². The highest BCUT2D eigenvalue weighted by Crippen LogP contribution is 2.27. The van der Waals surface area contributed by atoms with Crippen LogP contribution in [0.2, 0.25) is 0 Å². The van der Waals surface area contributed by atoms with Crippen molar-refractivity contribution in [3.8, 4) is 23.1 Å². The van der Waals surface area contributed by atoms with Gasteiger partial charge in [0.25, 0.3) is 0 Å². The normalized spacial score (nSPS) is 11.1. The van der Waals surface area contributed by atoms with Gasteiger partial charge in [0.05, 0.1) is 11.8 Å². The Hall–Kier alpha value is -3.15. The van der Waals surface area contributed by atoms with E-state index in [1.165, 1.54) is 0 Å². The quantitative estimate of drug-likeness (QED) is 0.613. The molecule has 0 radical (unpaired) electrons. The molecule has 6 nitrogen and oxygen atoms in total. The molecule has 0 saturated carbocycles. The Kier molecular flexibility index (Phi) is 6.32. The maximum Gasteiger partial charge on any atom is 0.336 e. The van der Waals surface area contributed by atoms with Crippen molar-refractivity contribution in [1.29, 1.82) is 0 Å². The summed E-state index contributed by atoms with van der Waals surface area (Å²) in [5.41, 5.74) is 3.70. The number of amides is 1. The maximum atomic E-state index is 12.0. The first-order chi connectivity index (χ1) is 13.8. The van der Waals surface area contributed by atoms with Crippen LogP contribution in [0.3, 0.4) is 0 Å². The molecule has 0 bridgehead atoms. The number of aryl methyl sites for hydroxylation is 1. The minimum Gasteiger partial charge on any atom is -0.460 e. The number of ether oxygens (including phenoxy) is 1. The van der Waals surface area contributed by atoms with Crippen LogP contribution in [0.5, 0.6) is 6.01 Å². The number of carbonyl (C=O) groups is 1. The molecule has 0 aliphatic heterocycles. The summed E-state index contributed by atoms with van der Waals surface area (Å²) in [4.78, 5) is 16.6. The van der Waals surface area contributed by atoms with Crippen LogP contribution in [0.25, 0.3) is 17.1 Å². The van der Waals surface area contributed by atoms with Gasteiger partial charge in [-0.05, 0) is 56.5 Å². The zero-order chi connectivity index (χ0) is 21.0. The topological polar surface area (TPSA) is 69.0 Å². The monoisotopic (exact) mass is 392 g/mol. The molecule has 3 rings (SSSR count). The third-order valence-corrected chi connectivity index (χ3v) is 4.30. The zero-order valence-electron chi connectivity index (χ0n) is 17.6. The second-order valence-electron chi connectivity index (χ2n) is 7.80. The Bertz CT molecular complexity index is 975. The van der Waals surface area contributed by atoms with Crippen molar-refractivity contribution in [3.05, 3.63) is 54.1 Å². The van der Waals surface area contributed by atoms with Gasteiger partial charge in [-0.25, -0.2) is 4.68 Å². The van der Waals surface area contributed by atoms with E-state index in [9.17, 15) is 4.79 Å². The second kappa shape index (κ2) is 8.90. The number of carbonyl (C=O) groups excluding carboxylic acids is 1. The summed E-state index contributed by atoms with van der Waals surface area (Å²) in [5, 5.41) is 7.49.